The van der Waals surface area contributed by atoms with Crippen molar-refractivity contribution in [2.24, 2.45) is 0 Å². The Morgan fingerprint density at radius 2 is 1.78 bits per heavy atom. The van der Waals surface area contributed by atoms with E-state index in [1.165, 1.54) is 53.5 Å². The zero-order valence-electron chi connectivity index (χ0n) is 23.4. The van der Waals surface area contributed by atoms with Crippen molar-refractivity contribution in [1.29, 1.82) is 5.26 Å². The van der Waals surface area contributed by atoms with Crippen molar-refractivity contribution in [2.75, 3.05) is 10.5 Å². The largest absolute Gasteiger partial charge is 0.433 e. The Morgan fingerprint density at radius 1 is 1.04 bits per heavy atom. The van der Waals surface area contributed by atoms with Gasteiger partial charge in [-0.2, -0.15) is 18.8 Å². The predicted molar refractivity (Wildman–Crippen MR) is 158 cm³/mol. The Morgan fingerprint density at radius 3 is 2.50 bits per heavy atom. The summed E-state index contributed by atoms with van der Waals surface area (Å²) in [4.78, 5) is 24.1. The standard InChI is InChI=1S/C30H19F3N8O4S/c1-15-8-26(45-29-19(31)5-3-6-20(29)32)36-14-25(15)41-30(35)18(13-37-41)28(42)24-10-16-9-21(33)23(11-22(16)39-24)40-46(43,44)27-7-2-4-17(12-34)38-27/h2-11,13-14,39-40H,35H2,1H3. The third kappa shape index (κ3) is 5.46. The van der Waals surface area contributed by atoms with E-state index in [1.54, 1.807) is 13.0 Å². The number of halogens is 3. The molecule has 0 aliphatic rings. The number of aromatic nitrogens is 5. The average molecular weight is 645 g/mol. The molecule has 6 aromatic rings. The van der Waals surface area contributed by atoms with Gasteiger partial charge in [-0.15, -0.1) is 0 Å². The maximum Gasteiger partial charge on any atom is 0.279 e. The molecule has 0 atom stereocenters. The number of nitrogens with one attached hydrogen (secondary N) is 2. The van der Waals surface area contributed by atoms with Gasteiger partial charge in [-0.1, -0.05) is 12.1 Å². The Kier molecular flexibility index (Phi) is 7.38. The third-order valence-corrected chi connectivity index (χ3v) is 8.04. The molecule has 0 radical (unpaired) electrons. The molecule has 0 saturated carbocycles. The van der Waals surface area contributed by atoms with Crippen molar-refractivity contribution in [2.45, 2.75) is 11.9 Å². The normalized spacial score (nSPS) is 11.4. The van der Waals surface area contributed by atoms with Crippen molar-refractivity contribution in [3.63, 3.8) is 0 Å². The molecule has 4 N–H and O–H groups in total. The van der Waals surface area contributed by atoms with Crippen LogP contribution in [0.4, 0.5) is 24.7 Å². The van der Waals surface area contributed by atoms with E-state index in [1.807, 2.05) is 0 Å². The van der Waals surface area contributed by atoms with Crippen LogP contribution in [0, 0.1) is 35.7 Å². The lowest BCUT2D eigenvalue weighted by Gasteiger charge is -2.11. The van der Waals surface area contributed by atoms with Gasteiger partial charge in [-0.05, 0) is 55.0 Å². The molecule has 0 aliphatic heterocycles. The van der Waals surface area contributed by atoms with Crippen LogP contribution in [-0.2, 0) is 10.0 Å². The number of ether oxygens (including phenoxy) is 1. The number of aromatic amines is 1. The number of aryl methyl sites for hydroxylation is 1. The smallest absolute Gasteiger partial charge is 0.279 e. The number of hydrogen-bond acceptors (Lipinski definition) is 9. The molecule has 0 spiro atoms. The van der Waals surface area contributed by atoms with E-state index < -0.39 is 49.7 Å². The fraction of sp³-hybridized carbons (Fsp3) is 0.0333. The van der Waals surface area contributed by atoms with Crippen molar-refractivity contribution in [3.8, 4) is 23.4 Å². The number of nitrogens with zero attached hydrogens (tertiary/aromatic N) is 5. The molecule has 46 heavy (non-hydrogen) atoms. The van der Waals surface area contributed by atoms with Gasteiger partial charge in [0.25, 0.3) is 10.0 Å². The van der Waals surface area contributed by atoms with Crippen molar-refractivity contribution < 1.29 is 31.1 Å². The summed E-state index contributed by atoms with van der Waals surface area (Å²) < 4.78 is 77.2. The molecule has 4 heterocycles. The van der Waals surface area contributed by atoms with Crippen LogP contribution < -0.4 is 15.2 Å². The minimum absolute atomic E-state index is 0.00885. The van der Waals surface area contributed by atoms with E-state index in [-0.39, 0.29) is 39.6 Å². The SMILES string of the molecule is Cc1cc(Oc2c(F)cccc2F)ncc1-n1ncc(C(=O)c2cc3cc(F)c(NS(=O)(=O)c4cccc(C#N)n4)cc3[nH]2)c1N. The van der Waals surface area contributed by atoms with Gasteiger partial charge in [0, 0.05) is 17.0 Å². The number of ketones is 1. The molecule has 16 heteroatoms. The first kappa shape index (κ1) is 29.8. The van der Waals surface area contributed by atoms with E-state index in [4.69, 9.17) is 15.7 Å². The highest BCUT2D eigenvalue weighted by Crippen LogP contribution is 2.30. The summed E-state index contributed by atoms with van der Waals surface area (Å²) in [6.45, 7) is 1.65. The van der Waals surface area contributed by atoms with Crippen molar-refractivity contribution in [1.82, 2.24) is 24.7 Å². The number of carbonyl (C=O) groups is 1. The fourth-order valence-electron chi connectivity index (χ4n) is 4.53. The van der Waals surface area contributed by atoms with E-state index in [0.717, 1.165) is 24.3 Å². The van der Waals surface area contributed by atoms with Gasteiger partial charge in [0.2, 0.25) is 17.4 Å². The van der Waals surface area contributed by atoms with E-state index >= 15 is 0 Å². The number of pyridine rings is 2. The molecule has 0 fully saturated rings. The highest BCUT2D eigenvalue weighted by molar-refractivity contribution is 7.92. The first-order valence-electron chi connectivity index (χ1n) is 13.1. The number of fused-ring (bicyclic) bond motifs is 1. The van der Waals surface area contributed by atoms with E-state index in [2.05, 4.69) is 24.8 Å². The molecular formula is C30H19F3N8O4S. The fourth-order valence-corrected chi connectivity index (χ4v) is 5.56. The molecule has 12 nitrogen and oxygen atoms in total. The lowest BCUT2D eigenvalue weighted by atomic mass is 10.1. The van der Waals surface area contributed by atoms with Crippen LogP contribution in [0.1, 0.15) is 27.3 Å². The maximum absolute atomic E-state index is 14.9. The summed E-state index contributed by atoms with van der Waals surface area (Å²) in [7, 11) is -4.35. The van der Waals surface area contributed by atoms with Crippen LogP contribution in [0.25, 0.3) is 16.6 Å². The molecule has 4 aromatic heterocycles. The molecule has 0 bridgehead atoms. The Hall–Kier alpha value is -6.21. The van der Waals surface area contributed by atoms with Crippen LogP contribution in [-0.4, -0.2) is 38.9 Å². The van der Waals surface area contributed by atoms with Gasteiger partial charge in [-0.25, -0.2) is 27.8 Å². The summed E-state index contributed by atoms with van der Waals surface area (Å²) in [5.74, 6) is -4.09. The minimum Gasteiger partial charge on any atom is -0.433 e. The molecule has 0 aliphatic carbocycles. The average Bonchev–Trinajstić information content (AvgIpc) is 3.61. The quantitative estimate of drug-likeness (QED) is 0.189. The Balaban J connectivity index is 1.26. The monoisotopic (exact) mass is 644 g/mol. The number of hydrogen-bond donors (Lipinski definition) is 3. The van der Waals surface area contributed by atoms with Crippen molar-refractivity contribution >= 4 is 38.2 Å². The van der Waals surface area contributed by atoms with Crippen LogP contribution in [0.3, 0.4) is 0 Å². The summed E-state index contributed by atoms with van der Waals surface area (Å²) >= 11 is 0. The summed E-state index contributed by atoms with van der Waals surface area (Å²) in [6.07, 6.45) is 2.53. The number of H-pyrrole nitrogens is 1. The lowest BCUT2D eigenvalue weighted by Crippen LogP contribution is -2.15. The van der Waals surface area contributed by atoms with E-state index in [0.29, 0.717) is 11.3 Å². The van der Waals surface area contributed by atoms with Crippen LogP contribution in [0.2, 0.25) is 0 Å². The highest BCUT2D eigenvalue weighted by atomic mass is 32.2. The van der Waals surface area contributed by atoms with Gasteiger partial charge in [0.05, 0.1) is 35.0 Å². The number of nitriles is 1. The van der Waals surface area contributed by atoms with Gasteiger partial charge in [0.15, 0.2) is 16.7 Å². The number of anilines is 2. The second kappa shape index (κ2) is 11.4. The number of carbonyl (C=O) groups excluding carboxylic acids is 1. The zero-order chi connectivity index (χ0) is 32.7. The Labute approximate surface area is 258 Å². The summed E-state index contributed by atoms with van der Waals surface area (Å²) in [6, 6.07) is 13.8. The summed E-state index contributed by atoms with van der Waals surface area (Å²) in [5.41, 5.74) is 6.80. The number of para-hydroxylation sites is 1. The van der Waals surface area contributed by atoms with Crippen LogP contribution in [0.5, 0.6) is 11.6 Å². The molecule has 0 amide bonds. The first-order chi connectivity index (χ1) is 21.9. The molecule has 230 valence electrons. The second-order valence-electron chi connectivity index (χ2n) is 9.83. The van der Waals surface area contributed by atoms with Gasteiger partial charge < -0.3 is 15.5 Å². The highest BCUT2D eigenvalue weighted by Gasteiger charge is 2.23. The molecular weight excluding hydrogens is 625 g/mol. The van der Waals surface area contributed by atoms with Gasteiger partial charge >= 0.3 is 0 Å². The second-order valence-corrected chi connectivity index (χ2v) is 11.5. The number of benzene rings is 2. The zero-order valence-corrected chi connectivity index (χ0v) is 24.2. The molecule has 0 unspecified atom stereocenters. The minimum atomic E-state index is -4.35. The van der Waals surface area contributed by atoms with Crippen LogP contribution >= 0.6 is 0 Å². The van der Waals surface area contributed by atoms with Gasteiger partial charge in [0.1, 0.15) is 23.4 Å². The topological polar surface area (TPSA) is 182 Å². The molecule has 6 rings (SSSR count). The summed E-state index contributed by atoms with van der Waals surface area (Å²) in [5, 5.41) is 13.0. The Bertz CT molecular complexity index is 2330. The van der Waals surface area contributed by atoms with Crippen molar-refractivity contribution in [3.05, 3.63) is 113 Å². The number of nitrogen functional groups attached to an aromatic ring is 1. The first-order valence-corrected chi connectivity index (χ1v) is 14.6. The number of sulfonamides is 1. The number of nitrogens with two attached hydrogens (primary N) is 1. The molecule has 2 aromatic carbocycles. The molecule has 0 saturated heterocycles. The van der Waals surface area contributed by atoms with Crippen LogP contribution in [0.15, 0.2) is 78.1 Å². The van der Waals surface area contributed by atoms with Gasteiger partial charge in [-0.3, -0.25) is 9.52 Å². The number of rotatable bonds is 8. The lowest BCUT2D eigenvalue weighted by molar-refractivity contribution is 0.103. The predicted octanol–water partition coefficient (Wildman–Crippen LogP) is 5.15. The maximum atomic E-state index is 14.9. The third-order valence-electron chi connectivity index (χ3n) is 6.77. The van der Waals surface area contributed by atoms with E-state index in [9.17, 15) is 26.4 Å².